The number of alkyl halides is 3. The second-order valence-electron chi connectivity index (χ2n) is 12.0. The van der Waals surface area contributed by atoms with Crippen LogP contribution in [-0.2, 0) is 17.5 Å². The van der Waals surface area contributed by atoms with Gasteiger partial charge in [-0.3, -0.25) is 9.78 Å². The number of ether oxygens (including phenoxy) is 1. The van der Waals surface area contributed by atoms with E-state index in [1.807, 2.05) is 18.2 Å². The molecule has 0 aliphatic heterocycles. The van der Waals surface area contributed by atoms with Gasteiger partial charge in [0, 0.05) is 30.7 Å². The molecule has 0 saturated heterocycles. The molecule has 9 nitrogen and oxygen atoms in total. The lowest BCUT2D eigenvalue weighted by Gasteiger charge is -2.20. The van der Waals surface area contributed by atoms with Crippen LogP contribution in [0.1, 0.15) is 72.5 Å². The van der Waals surface area contributed by atoms with E-state index in [-0.39, 0.29) is 24.0 Å². The molecule has 12 heteroatoms. The van der Waals surface area contributed by atoms with Crippen LogP contribution in [-0.4, -0.2) is 38.9 Å². The number of aromatic nitrogens is 3. The van der Waals surface area contributed by atoms with Crippen LogP contribution >= 0.6 is 0 Å². The number of carbonyl (C=O) groups is 2. The Bertz CT molecular complexity index is 1650. The molecule has 2 aromatic heterocycles. The van der Waals surface area contributed by atoms with E-state index in [1.165, 1.54) is 18.9 Å². The number of halogens is 3. The van der Waals surface area contributed by atoms with Crippen molar-refractivity contribution >= 4 is 17.7 Å². The molecule has 0 radical (unpaired) electrons. The van der Waals surface area contributed by atoms with E-state index >= 15 is 0 Å². The predicted octanol–water partition coefficient (Wildman–Crippen LogP) is 6.65. The first-order chi connectivity index (χ1) is 21.4. The Balaban J connectivity index is 1.39. The van der Waals surface area contributed by atoms with Crippen molar-refractivity contribution in [2.75, 3.05) is 11.9 Å². The lowest BCUT2D eigenvalue weighted by atomic mass is 9.99. The van der Waals surface area contributed by atoms with Gasteiger partial charge in [0.1, 0.15) is 11.3 Å². The molecule has 1 aliphatic carbocycles. The molecule has 45 heavy (non-hydrogen) atoms. The molecule has 4 aromatic rings. The molecular weight excluding hydrogens is 585 g/mol. The lowest BCUT2D eigenvalue weighted by molar-refractivity contribution is -0.141. The van der Waals surface area contributed by atoms with Gasteiger partial charge in [-0.25, -0.2) is 9.48 Å². The fraction of sp³-hybridized carbons (Fsp3) is 0.333. The van der Waals surface area contributed by atoms with Gasteiger partial charge in [0.25, 0.3) is 5.91 Å². The van der Waals surface area contributed by atoms with Crippen molar-refractivity contribution in [1.82, 2.24) is 25.4 Å². The molecule has 1 aliphatic rings. The zero-order chi connectivity index (χ0) is 32.2. The number of nitrogens with zero attached hydrogens (tertiary/aromatic N) is 3. The highest BCUT2D eigenvalue weighted by atomic mass is 19.4. The van der Waals surface area contributed by atoms with Gasteiger partial charge in [-0.1, -0.05) is 30.3 Å². The normalized spacial score (nSPS) is 14.1. The quantitative estimate of drug-likeness (QED) is 0.183. The zero-order valence-electron chi connectivity index (χ0n) is 25.2. The van der Waals surface area contributed by atoms with Gasteiger partial charge in [0.2, 0.25) is 0 Å². The highest BCUT2D eigenvalue weighted by Crippen LogP contribution is 2.32. The summed E-state index contributed by atoms with van der Waals surface area (Å²) >= 11 is 0. The fourth-order valence-electron chi connectivity index (χ4n) is 4.74. The van der Waals surface area contributed by atoms with E-state index in [0.717, 1.165) is 28.4 Å². The Morgan fingerprint density at radius 2 is 1.76 bits per heavy atom. The summed E-state index contributed by atoms with van der Waals surface area (Å²) in [5, 5.41) is 12.7. The maximum absolute atomic E-state index is 13.8. The number of hydrogen-bond acceptors (Lipinski definition) is 6. The molecule has 3 N–H and O–H groups in total. The van der Waals surface area contributed by atoms with E-state index < -0.39 is 29.5 Å². The molecule has 2 heterocycles. The molecule has 2 amide bonds. The summed E-state index contributed by atoms with van der Waals surface area (Å²) in [6.45, 7) is 6.09. The molecule has 1 saturated carbocycles. The molecule has 0 spiro atoms. The van der Waals surface area contributed by atoms with Gasteiger partial charge in [-0.15, -0.1) is 0 Å². The molecule has 0 bridgehead atoms. The Labute approximate surface area is 259 Å². The van der Waals surface area contributed by atoms with E-state index in [4.69, 9.17) is 4.74 Å². The molecule has 236 valence electrons. The fourth-order valence-corrected chi connectivity index (χ4v) is 4.74. The highest BCUT2D eigenvalue weighted by Gasteiger charge is 2.36. The van der Waals surface area contributed by atoms with Crippen LogP contribution in [0.2, 0.25) is 0 Å². The van der Waals surface area contributed by atoms with Crippen molar-refractivity contribution < 1.29 is 27.5 Å². The molecule has 1 atom stereocenters. The molecule has 1 fully saturated rings. The average molecular weight is 621 g/mol. The number of benzene rings is 2. The number of nitrogens with one attached hydrogen (secondary N) is 3. The van der Waals surface area contributed by atoms with Gasteiger partial charge < -0.3 is 20.7 Å². The van der Waals surface area contributed by atoms with Gasteiger partial charge in [-0.2, -0.15) is 18.3 Å². The van der Waals surface area contributed by atoms with E-state index in [1.54, 1.807) is 69.6 Å². The minimum Gasteiger partial charge on any atom is -0.444 e. The second-order valence-corrected chi connectivity index (χ2v) is 12.0. The minimum absolute atomic E-state index is 0.0529. The monoisotopic (exact) mass is 620 g/mol. The standard InChI is InChI=1S/C33H35F3N6O3/c1-32(2,3)45-31(44)39-19-22-7-4-11-26(15-22)42-27(17-28(41-42)33(34,35)36)30(43)40-25-10-5-8-23(16-25)29(38-18-21-12-13-21)24-9-6-14-37-20-24/h4-11,14-17,20-21,29,38H,12-13,18-19H2,1-3H3,(H,39,44)(H,40,43). The Kier molecular flexibility index (Phi) is 9.24. The first-order valence-corrected chi connectivity index (χ1v) is 14.6. The largest absolute Gasteiger partial charge is 0.444 e. The van der Waals surface area contributed by atoms with E-state index in [9.17, 15) is 22.8 Å². The number of anilines is 1. The Morgan fingerprint density at radius 1 is 1.00 bits per heavy atom. The van der Waals surface area contributed by atoms with Crippen LogP contribution < -0.4 is 16.0 Å². The number of rotatable bonds is 10. The van der Waals surface area contributed by atoms with Gasteiger partial charge >= 0.3 is 12.3 Å². The number of pyridine rings is 1. The lowest BCUT2D eigenvalue weighted by Crippen LogP contribution is -2.32. The van der Waals surface area contributed by atoms with Crippen molar-refractivity contribution in [3.05, 3.63) is 107 Å². The van der Waals surface area contributed by atoms with E-state index in [2.05, 4.69) is 26.0 Å². The van der Waals surface area contributed by atoms with E-state index in [0.29, 0.717) is 17.2 Å². The summed E-state index contributed by atoms with van der Waals surface area (Å²) < 4.78 is 47.5. The van der Waals surface area contributed by atoms with Crippen LogP contribution in [0.25, 0.3) is 5.69 Å². The van der Waals surface area contributed by atoms with Crippen LogP contribution in [0.15, 0.2) is 79.1 Å². The summed E-state index contributed by atoms with van der Waals surface area (Å²) in [5.41, 5.74) is 0.822. The van der Waals surface area contributed by atoms with Crippen molar-refractivity contribution in [1.29, 1.82) is 0 Å². The SMILES string of the molecule is CC(C)(C)OC(=O)NCc1cccc(-n2nc(C(F)(F)F)cc2C(=O)Nc2cccc(C(NCC3CC3)c3cccnc3)c2)c1. The van der Waals surface area contributed by atoms with Crippen LogP contribution in [0.3, 0.4) is 0 Å². The third-order valence-corrected chi connectivity index (χ3v) is 7.03. The number of carbonyl (C=O) groups excluding carboxylic acids is 2. The van der Waals surface area contributed by atoms with Crippen molar-refractivity contribution in [2.24, 2.45) is 5.92 Å². The number of amides is 2. The first-order valence-electron chi connectivity index (χ1n) is 14.6. The number of alkyl carbamates (subject to hydrolysis) is 1. The summed E-state index contributed by atoms with van der Waals surface area (Å²) in [7, 11) is 0. The molecular formula is C33H35F3N6O3. The molecule has 5 rings (SSSR count). The van der Waals surface area contributed by atoms with Gasteiger partial charge in [0.15, 0.2) is 5.69 Å². The smallest absolute Gasteiger partial charge is 0.435 e. The minimum atomic E-state index is -4.78. The highest BCUT2D eigenvalue weighted by molar-refractivity contribution is 6.03. The third kappa shape index (κ3) is 8.69. The third-order valence-electron chi connectivity index (χ3n) is 7.03. The van der Waals surface area contributed by atoms with Gasteiger partial charge in [0.05, 0.1) is 11.7 Å². The average Bonchev–Trinajstić information content (AvgIpc) is 3.69. The maximum Gasteiger partial charge on any atom is 0.435 e. The van der Waals surface area contributed by atoms with Crippen LogP contribution in [0.4, 0.5) is 23.7 Å². The summed E-state index contributed by atoms with van der Waals surface area (Å²) in [6.07, 6.45) is 0.426. The second kappa shape index (κ2) is 13.1. The van der Waals surface area contributed by atoms with Crippen molar-refractivity contribution in [3.63, 3.8) is 0 Å². The Hall–Kier alpha value is -4.71. The Morgan fingerprint density at radius 3 is 2.44 bits per heavy atom. The van der Waals surface area contributed by atoms with Crippen molar-refractivity contribution in [2.45, 2.75) is 58.0 Å². The number of hydrogen-bond donors (Lipinski definition) is 3. The first kappa shape index (κ1) is 31.7. The topological polar surface area (TPSA) is 110 Å². The molecule has 1 unspecified atom stereocenters. The summed E-state index contributed by atoms with van der Waals surface area (Å²) in [6, 6.07) is 17.9. The predicted molar refractivity (Wildman–Crippen MR) is 163 cm³/mol. The maximum atomic E-state index is 13.8. The van der Waals surface area contributed by atoms with Crippen LogP contribution in [0, 0.1) is 5.92 Å². The van der Waals surface area contributed by atoms with Crippen molar-refractivity contribution in [3.8, 4) is 5.69 Å². The zero-order valence-corrected chi connectivity index (χ0v) is 25.2. The van der Waals surface area contributed by atoms with Gasteiger partial charge in [-0.05, 0) is 93.1 Å². The summed E-state index contributed by atoms with van der Waals surface area (Å²) in [5.74, 6) is -0.141. The molecule has 2 aromatic carbocycles. The summed E-state index contributed by atoms with van der Waals surface area (Å²) in [4.78, 5) is 29.9. The van der Waals surface area contributed by atoms with Crippen LogP contribution in [0.5, 0.6) is 0 Å².